The van der Waals surface area contributed by atoms with Crippen LogP contribution < -0.4 is 5.11 Å². The minimum atomic E-state index is -1.24. The molecule has 0 fully saturated rings. The first kappa shape index (κ1) is 16.4. The Morgan fingerprint density at radius 1 is 1.04 bits per heavy atom. The molecule has 0 saturated carbocycles. The third-order valence-electron chi connectivity index (χ3n) is 3.73. The van der Waals surface area contributed by atoms with Gasteiger partial charge in [-0.25, -0.2) is 9.78 Å². The van der Waals surface area contributed by atoms with E-state index in [1.807, 2.05) is 0 Å². The largest absolute Gasteiger partial charge is 0.545 e. The summed E-state index contributed by atoms with van der Waals surface area (Å²) in [6.45, 7) is 0. The SMILES string of the molecule is COC(=O)c1ccc(/C=C/c2cc(C(=O)[O-])c3ccccc3n2)cc1. The zero-order valence-corrected chi connectivity index (χ0v) is 13.4. The Kier molecular flexibility index (Phi) is 4.57. The van der Waals surface area contributed by atoms with Gasteiger partial charge in [0.1, 0.15) is 0 Å². The zero-order chi connectivity index (χ0) is 17.8. The molecule has 0 spiro atoms. The van der Waals surface area contributed by atoms with Crippen LogP contribution in [-0.4, -0.2) is 24.0 Å². The van der Waals surface area contributed by atoms with Gasteiger partial charge in [-0.2, -0.15) is 0 Å². The molecule has 0 aliphatic rings. The molecule has 124 valence electrons. The van der Waals surface area contributed by atoms with Gasteiger partial charge in [-0.05, 0) is 35.9 Å². The van der Waals surface area contributed by atoms with Crippen molar-refractivity contribution in [1.82, 2.24) is 4.98 Å². The average Bonchev–Trinajstić information content (AvgIpc) is 2.65. The number of carboxylic acids is 1. The van der Waals surface area contributed by atoms with E-state index in [9.17, 15) is 14.7 Å². The predicted molar refractivity (Wildman–Crippen MR) is 92.8 cm³/mol. The van der Waals surface area contributed by atoms with Gasteiger partial charge >= 0.3 is 5.97 Å². The molecule has 0 radical (unpaired) electrons. The van der Waals surface area contributed by atoms with E-state index in [0.717, 1.165) is 5.56 Å². The minimum Gasteiger partial charge on any atom is -0.545 e. The second-order valence-corrected chi connectivity index (χ2v) is 5.35. The Hall–Kier alpha value is -3.47. The maximum Gasteiger partial charge on any atom is 0.337 e. The molecule has 25 heavy (non-hydrogen) atoms. The van der Waals surface area contributed by atoms with Crippen molar-refractivity contribution in [2.24, 2.45) is 0 Å². The Labute approximate surface area is 144 Å². The summed E-state index contributed by atoms with van der Waals surface area (Å²) in [6.07, 6.45) is 3.50. The summed E-state index contributed by atoms with van der Waals surface area (Å²) in [5, 5.41) is 11.9. The number of hydrogen-bond donors (Lipinski definition) is 0. The number of esters is 1. The van der Waals surface area contributed by atoms with Gasteiger partial charge in [0.05, 0.1) is 29.9 Å². The van der Waals surface area contributed by atoms with Gasteiger partial charge in [-0.15, -0.1) is 0 Å². The lowest BCUT2D eigenvalue weighted by molar-refractivity contribution is -0.254. The van der Waals surface area contributed by atoms with E-state index in [1.54, 1.807) is 60.7 Å². The summed E-state index contributed by atoms with van der Waals surface area (Å²) in [4.78, 5) is 27.2. The van der Waals surface area contributed by atoms with Crippen molar-refractivity contribution < 1.29 is 19.4 Å². The number of carboxylic acid groups (broad SMARTS) is 1. The van der Waals surface area contributed by atoms with E-state index < -0.39 is 11.9 Å². The highest BCUT2D eigenvalue weighted by molar-refractivity contribution is 6.02. The van der Waals surface area contributed by atoms with E-state index in [-0.39, 0.29) is 5.56 Å². The Morgan fingerprint density at radius 3 is 2.44 bits per heavy atom. The Morgan fingerprint density at radius 2 is 1.76 bits per heavy atom. The van der Waals surface area contributed by atoms with Crippen LogP contribution in [0.2, 0.25) is 0 Å². The fourth-order valence-electron chi connectivity index (χ4n) is 2.48. The molecule has 0 N–H and O–H groups in total. The first-order chi connectivity index (χ1) is 12.1. The van der Waals surface area contributed by atoms with Gasteiger partial charge in [0.2, 0.25) is 0 Å². The molecule has 0 atom stereocenters. The number of nitrogens with zero attached hydrogens (tertiary/aromatic N) is 1. The van der Waals surface area contributed by atoms with E-state index in [1.165, 1.54) is 13.2 Å². The molecular weight excluding hydrogens is 318 g/mol. The second kappa shape index (κ2) is 6.97. The highest BCUT2D eigenvalue weighted by Crippen LogP contribution is 2.19. The Balaban J connectivity index is 1.93. The monoisotopic (exact) mass is 332 g/mol. The van der Waals surface area contributed by atoms with Gasteiger partial charge < -0.3 is 14.6 Å². The summed E-state index contributed by atoms with van der Waals surface area (Å²) in [5.41, 5.74) is 2.51. The molecule has 1 heterocycles. The number of ether oxygens (including phenoxy) is 1. The van der Waals surface area contributed by atoms with Crippen LogP contribution in [0.1, 0.15) is 32.0 Å². The maximum absolute atomic E-state index is 11.4. The van der Waals surface area contributed by atoms with Gasteiger partial charge in [-0.3, -0.25) is 0 Å². The number of methoxy groups -OCH3 is 1. The topological polar surface area (TPSA) is 79.3 Å². The summed E-state index contributed by atoms with van der Waals surface area (Å²) < 4.78 is 4.65. The van der Waals surface area contributed by atoms with Crippen molar-refractivity contribution in [2.75, 3.05) is 7.11 Å². The highest BCUT2D eigenvalue weighted by atomic mass is 16.5. The van der Waals surface area contributed by atoms with Crippen LogP contribution in [0.25, 0.3) is 23.1 Å². The minimum absolute atomic E-state index is 0.103. The van der Waals surface area contributed by atoms with Crippen molar-refractivity contribution >= 4 is 35.0 Å². The number of benzene rings is 2. The summed E-state index contributed by atoms with van der Waals surface area (Å²) >= 11 is 0. The number of carbonyl (C=O) groups excluding carboxylic acids is 2. The third kappa shape index (κ3) is 3.55. The smallest absolute Gasteiger partial charge is 0.337 e. The fraction of sp³-hybridized carbons (Fsp3) is 0.0500. The number of fused-ring (bicyclic) bond motifs is 1. The van der Waals surface area contributed by atoms with Crippen LogP contribution in [0.3, 0.4) is 0 Å². The van der Waals surface area contributed by atoms with Crippen molar-refractivity contribution in [3.63, 3.8) is 0 Å². The molecule has 0 unspecified atom stereocenters. The second-order valence-electron chi connectivity index (χ2n) is 5.35. The standard InChI is InChI=1S/C20H15NO4/c1-25-20(24)14-9-6-13(7-10-14)8-11-15-12-17(19(22)23)16-4-2-3-5-18(16)21-15/h2-12H,1H3,(H,22,23)/p-1/b11-8+. The molecule has 3 aromatic rings. The first-order valence-electron chi connectivity index (χ1n) is 7.56. The highest BCUT2D eigenvalue weighted by Gasteiger charge is 2.05. The molecule has 3 rings (SSSR count). The number of carbonyl (C=O) groups is 2. The number of para-hydroxylation sites is 1. The molecular formula is C20H14NO4-. The molecule has 0 saturated heterocycles. The van der Waals surface area contributed by atoms with Gasteiger partial charge in [0.25, 0.3) is 0 Å². The zero-order valence-electron chi connectivity index (χ0n) is 13.4. The molecule has 0 amide bonds. The van der Waals surface area contributed by atoms with Crippen molar-refractivity contribution in [3.8, 4) is 0 Å². The van der Waals surface area contributed by atoms with Crippen LogP contribution in [0.4, 0.5) is 0 Å². The number of aromatic nitrogens is 1. The number of aromatic carboxylic acids is 1. The lowest BCUT2D eigenvalue weighted by Gasteiger charge is -2.08. The van der Waals surface area contributed by atoms with E-state index >= 15 is 0 Å². The number of hydrogen-bond acceptors (Lipinski definition) is 5. The van der Waals surface area contributed by atoms with E-state index in [2.05, 4.69) is 9.72 Å². The lowest BCUT2D eigenvalue weighted by Crippen LogP contribution is -2.22. The normalized spacial score (nSPS) is 10.9. The molecule has 1 aromatic heterocycles. The predicted octanol–water partition coefficient (Wildman–Crippen LogP) is 2.56. The van der Waals surface area contributed by atoms with E-state index in [4.69, 9.17) is 0 Å². The van der Waals surface area contributed by atoms with Crippen LogP contribution >= 0.6 is 0 Å². The average molecular weight is 332 g/mol. The van der Waals surface area contributed by atoms with E-state index in [0.29, 0.717) is 22.2 Å². The summed E-state index contributed by atoms with van der Waals surface area (Å²) in [5.74, 6) is -1.64. The molecule has 5 heteroatoms. The van der Waals surface area contributed by atoms with Crippen LogP contribution in [0, 0.1) is 0 Å². The molecule has 5 nitrogen and oxygen atoms in total. The van der Waals surface area contributed by atoms with Crippen LogP contribution in [-0.2, 0) is 4.74 Å². The molecule has 0 aliphatic heterocycles. The van der Waals surface area contributed by atoms with Crippen LogP contribution in [0.15, 0.2) is 54.6 Å². The molecule has 0 aliphatic carbocycles. The van der Waals surface area contributed by atoms with Crippen molar-refractivity contribution in [1.29, 1.82) is 0 Å². The van der Waals surface area contributed by atoms with Crippen LogP contribution in [0.5, 0.6) is 0 Å². The quantitative estimate of drug-likeness (QED) is 0.686. The fourth-order valence-corrected chi connectivity index (χ4v) is 2.48. The number of pyridine rings is 1. The number of rotatable bonds is 4. The Bertz CT molecular complexity index is 975. The third-order valence-corrected chi connectivity index (χ3v) is 3.73. The molecule has 0 bridgehead atoms. The summed E-state index contributed by atoms with van der Waals surface area (Å²) in [6, 6.07) is 15.3. The van der Waals surface area contributed by atoms with Gasteiger partial charge in [0.15, 0.2) is 0 Å². The first-order valence-corrected chi connectivity index (χ1v) is 7.56. The van der Waals surface area contributed by atoms with Crippen molar-refractivity contribution in [2.45, 2.75) is 0 Å². The summed E-state index contributed by atoms with van der Waals surface area (Å²) in [7, 11) is 1.33. The van der Waals surface area contributed by atoms with Crippen molar-refractivity contribution in [3.05, 3.63) is 77.0 Å². The van der Waals surface area contributed by atoms with Gasteiger partial charge in [0, 0.05) is 10.9 Å². The molecule has 2 aromatic carbocycles. The van der Waals surface area contributed by atoms with Gasteiger partial charge in [-0.1, -0.05) is 36.4 Å². The maximum atomic E-state index is 11.4. The lowest BCUT2D eigenvalue weighted by atomic mass is 10.1.